The normalized spacial score (nSPS) is 21.9. The topological polar surface area (TPSA) is 15.3 Å². The van der Waals surface area contributed by atoms with Gasteiger partial charge in [0.05, 0.1) is 0 Å². The van der Waals surface area contributed by atoms with Crippen LogP contribution in [0.4, 0.5) is 0 Å². The average molecular weight is 210 g/mol. The van der Waals surface area contributed by atoms with Gasteiger partial charge >= 0.3 is 0 Å². The van der Waals surface area contributed by atoms with Crippen molar-refractivity contribution in [1.29, 1.82) is 0 Å². The van der Waals surface area contributed by atoms with Crippen LogP contribution >= 0.6 is 0 Å². The van der Waals surface area contributed by atoms with Gasteiger partial charge in [-0.25, -0.2) is 0 Å². The summed E-state index contributed by atoms with van der Waals surface area (Å²) >= 11 is 0. The Morgan fingerprint density at radius 3 is 2.40 bits per heavy atom. The van der Waals surface area contributed by atoms with Crippen LogP contribution in [0.25, 0.3) is 0 Å². The molecule has 1 saturated heterocycles. The summed E-state index contributed by atoms with van der Waals surface area (Å²) < 4.78 is 0. The van der Waals surface area contributed by atoms with Crippen molar-refractivity contribution in [2.24, 2.45) is 5.92 Å². The van der Waals surface area contributed by atoms with Crippen molar-refractivity contribution >= 4 is 0 Å². The molecule has 1 unspecified atom stereocenters. The molecule has 0 saturated carbocycles. The van der Waals surface area contributed by atoms with E-state index in [-0.39, 0.29) is 0 Å². The zero-order valence-electron chi connectivity index (χ0n) is 10.5. The molecule has 1 aliphatic rings. The zero-order valence-corrected chi connectivity index (χ0v) is 10.5. The molecular formula is C13H26N2. The Balaban J connectivity index is 2.22. The molecule has 1 fully saturated rings. The number of hydrogen-bond donors (Lipinski definition) is 1. The lowest BCUT2D eigenvalue weighted by atomic mass is 10.0. The summed E-state index contributed by atoms with van der Waals surface area (Å²) in [6.45, 7) is 14.1. The highest BCUT2D eigenvalue weighted by atomic mass is 15.1. The van der Waals surface area contributed by atoms with Gasteiger partial charge in [0.2, 0.25) is 0 Å². The Bertz CT molecular complexity index is 181. The molecule has 1 N–H and O–H groups in total. The first-order valence-corrected chi connectivity index (χ1v) is 6.22. The van der Waals surface area contributed by atoms with E-state index < -0.39 is 0 Å². The minimum Gasteiger partial charge on any atom is -0.311 e. The van der Waals surface area contributed by atoms with Gasteiger partial charge in [-0.05, 0) is 38.8 Å². The second-order valence-electron chi connectivity index (χ2n) is 5.06. The Kier molecular flexibility index (Phi) is 5.34. The van der Waals surface area contributed by atoms with E-state index in [4.69, 9.17) is 0 Å². The van der Waals surface area contributed by atoms with Crippen LogP contribution in [0.3, 0.4) is 0 Å². The van der Waals surface area contributed by atoms with Crippen LogP contribution in [0.15, 0.2) is 12.7 Å². The summed E-state index contributed by atoms with van der Waals surface area (Å²) in [6, 6.07) is 1.37. The lowest BCUT2D eigenvalue weighted by Gasteiger charge is -2.34. The van der Waals surface area contributed by atoms with Gasteiger partial charge in [-0.1, -0.05) is 19.9 Å². The SMILES string of the molecule is C=CCN1CCC(NC(C)C(C)C)CC1. The molecule has 15 heavy (non-hydrogen) atoms. The van der Waals surface area contributed by atoms with Gasteiger partial charge < -0.3 is 5.32 Å². The first-order chi connectivity index (χ1) is 7.13. The number of rotatable bonds is 5. The van der Waals surface area contributed by atoms with Crippen molar-refractivity contribution in [1.82, 2.24) is 10.2 Å². The fourth-order valence-electron chi connectivity index (χ4n) is 2.03. The van der Waals surface area contributed by atoms with Crippen LogP contribution in [-0.2, 0) is 0 Å². The standard InChI is InChI=1S/C13H26N2/c1-5-8-15-9-6-13(7-10-15)14-12(4)11(2)3/h5,11-14H,1,6-10H2,2-4H3. The van der Waals surface area contributed by atoms with Crippen molar-refractivity contribution in [2.75, 3.05) is 19.6 Å². The van der Waals surface area contributed by atoms with Crippen LogP contribution in [0.1, 0.15) is 33.6 Å². The predicted octanol–water partition coefficient (Wildman–Crippen LogP) is 2.27. The van der Waals surface area contributed by atoms with E-state index in [1.54, 1.807) is 0 Å². The molecule has 0 aromatic heterocycles. The monoisotopic (exact) mass is 210 g/mol. The molecule has 0 aromatic rings. The van der Waals surface area contributed by atoms with Crippen LogP contribution in [0, 0.1) is 5.92 Å². The highest BCUT2D eigenvalue weighted by Gasteiger charge is 2.20. The van der Waals surface area contributed by atoms with Gasteiger partial charge in [0.25, 0.3) is 0 Å². The predicted molar refractivity (Wildman–Crippen MR) is 67.1 cm³/mol. The number of nitrogens with one attached hydrogen (secondary N) is 1. The number of likely N-dealkylation sites (tertiary alicyclic amines) is 1. The molecule has 0 amide bonds. The first-order valence-electron chi connectivity index (χ1n) is 6.22. The maximum Gasteiger partial charge on any atom is 0.0160 e. The fourth-order valence-corrected chi connectivity index (χ4v) is 2.03. The first kappa shape index (κ1) is 12.7. The largest absolute Gasteiger partial charge is 0.311 e. The smallest absolute Gasteiger partial charge is 0.0160 e. The summed E-state index contributed by atoms with van der Waals surface area (Å²) in [5.74, 6) is 0.733. The molecule has 2 nitrogen and oxygen atoms in total. The molecule has 0 aromatic carbocycles. The van der Waals surface area contributed by atoms with Crippen LogP contribution in [-0.4, -0.2) is 36.6 Å². The Labute approximate surface area is 94.7 Å². The molecule has 88 valence electrons. The third kappa shape index (κ3) is 4.35. The highest BCUT2D eigenvalue weighted by molar-refractivity contribution is 4.83. The second kappa shape index (κ2) is 6.29. The van der Waals surface area contributed by atoms with E-state index in [0.29, 0.717) is 6.04 Å². The maximum atomic E-state index is 3.79. The lowest BCUT2D eigenvalue weighted by molar-refractivity contribution is 0.201. The fraction of sp³-hybridized carbons (Fsp3) is 0.846. The summed E-state index contributed by atoms with van der Waals surface area (Å²) in [6.07, 6.45) is 4.57. The third-order valence-corrected chi connectivity index (χ3v) is 3.47. The molecule has 0 aliphatic carbocycles. The molecule has 0 radical (unpaired) electrons. The number of nitrogens with zero attached hydrogens (tertiary/aromatic N) is 1. The summed E-state index contributed by atoms with van der Waals surface area (Å²) in [5, 5.41) is 3.73. The lowest BCUT2D eigenvalue weighted by Crippen LogP contribution is -2.46. The molecule has 1 heterocycles. The van der Waals surface area contributed by atoms with Gasteiger partial charge in [-0.15, -0.1) is 6.58 Å². The Morgan fingerprint density at radius 2 is 1.93 bits per heavy atom. The molecule has 1 atom stereocenters. The minimum absolute atomic E-state index is 0.640. The maximum absolute atomic E-state index is 3.79. The van der Waals surface area contributed by atoms with Crippen LogP contribution in [0.5, 0.6) is 0 Å². The average Bonchev–Trinajstić information content (AvgIpc) is 2.21. The van der Waals surface area contributed by atoms with Gasteiger partial charge in [-0.2, -0.15) is 0 Å². The van der Waals surface area contributed by atoms with E-state index in [0.717, 1.165) is 18.5 Å². The van der Waals surface area contributed by atoms with Crippen LogP contribution < -0.4 is 5.32 Å². The van der Waals surface area contributed by atoms with Gasteiger partial charge in [0.15, 0.2) is 0 Å². The summed E-state index contributed by atoms with van der Waals surface area (Å²) in [4.78, 5) is 2.48. The zero-order chi connectivity index (χ0) is 11.3. The van der Waals surface area contributed by atoms with E-state index in [2.05, 4.69) is 37.6 Å². The van der Waals surface area contributed by atoms with E-state index in [1.807, 2.05) is 6.08 Å². The molecule has 1 aliphatic heterocycles. The molecular weight excluding hydrogens is 184 g/mol. The summed E-state index contributed by atoms with van der Waals surface area (Å²) in [7, 11) is 0. The Morgan fingerprint density at radius 1 is 1.33 bits per heavy atom. The van der Waals surface area contributed by atoms with Crippen molar-refractivity contribution in [2.45, 2.75) is 45.7 Å². The van der Waals surface area contributed by atoms with E-state index in [9.17, 15) is 0 Å². The van der Waals surface area contributed by atoms with Crippen LogP contribution in [0.2, 0.25) is 0 Å². The molecule has 1 rings (SSSR count). The Hall–Kier alpha value is -0.340. The van der Waals surface area contributed by atoms with Crippen molar-refractivity contribution in [3.8, 4) is 0 Å². The van der Waals surface area contributed by atoms with Crippen molar-refractivity contribution in [3.05, 3.63) is 12.7 Å². The third-order valence-electron chi connectivity index (χ3n) is 3.47. The van der Waals surface area contributed by atoms with Gasteiger partial charge in [0.1, 0.15) is 0 Å². The quantitative estimate of drug-likeness (QED) is 0.700. The molecule has 0 spiro atoms. The van der Waals surface area contributed by atoms with E-state index >= 15 is 0 Å². The number of hydrogen-bond acceptors (Lipinski definition) is 2. The summed E-state index contributed by atoms with van der Waals surface area (Å²) in [5.41, 5.74) is 0. The molecule has 2 heteroatoms. The van der Waals surface area contributed by atoms with E-state index in [1.165, 1.54) is 25.9 Å². The number of piperidine rings is 1. The highest BCUT2D eigenvalue weighted by Crippen LogP contribution is 2.12. The second-order valence-corrected chi connectivity index (χ2v) is 5.06. The van der Waals surface area contributed by atoms with Crippen molar-refractivity contribution < 1.29 is 0 Å². The van der Waals surface area contributed by atoms with Crippen molar-refractivity contribution in [3.63, 3.8) is 0 Å². The van der Waals surface area contributed by atoms with Gasteiger partial charge in [0, 0.05) is 18.6 Å². The van der Waals surface area contributed by atoms with Gasteiger partial charge in [-0.3, -0.25) is 4.90 Å². The minimum atomic E-state index is 0.640. The molecule has 0 bridgehead atoms.